The maximum Gasteiger partial charge on any atom is 0.311 e. The van der Waals surface area contributed by atoms with Gasteiger partial charge < -0.3 is 15.0 Å². The standard InChI is InChI=1S/C21H21ClN2O4/c1-2-14-6-8-17(9-7-14)23-19(25)13-28-21(27)15-10-20(26)24(12-15)18-5-3-4-16(22)11-18/h3-9,11,15H,2,10,12-13H2,1H3,(H,23,25)/t15-/m1/s1. The molecule has 7 heteroatoms. The summed E-state index contributed by atoms with van der Waals surface area (Å²) in [6, 6.07) is 14.3. The largest absolute Gasteiger partial charge is 0.455 e. The zero-order valence-corrected chi connectivity index (χ0v) is 16.2. The Bertz CT molecular complexity index is 882. The number of carbonyl (C=O) groups excluding carboxylic acids is 3. The second kappa shape index (κ2) is 8.89. The fourth-order valence-corrected chi connectivity index (χ4v) is 3.22. The normalized spacial score (nSPS) is 16.1. The number of halogens is 1. The van der Waals surface area contributed by atoms with E-state index in [0.29, 0.717) is 16.4 Å². The Morgan fingerprint density at radius 2 is 1.96 bits per heavy atom. The number of hydrogen-bond donors (Lipinski definition) is 1. The second-order valence-electron chi connectivity index (χ2n) is 6.59. The van der Waals surface area contributed by atoms with E-state index in [9.17, 15) is 14.4 Å². The highest BCUT2D eigenvalue weighted by molar-refractivity contribution is 6.31. The predicted molar refractivity (Wildman–Crippen MR) is 107 cm³/mol. The molecule has 3 rings (SSSR count). The molecule has 0 aliphatic carbocycles. The summed E-state index contributed by atoms with van der Waals surface area (Å²) < 4.78 is 5.11. The van der Waals surface area contributed by atoms with E-state index in [2.05, 4.69) is 5.32 Å². The highest BCUT2D eigenvalue weighted by Gasteiger charge is 2.36. The summed E-state index contributed by atoms with van der Waals surface area (Å²) in [7, 11) is 0. The minimum absolute atomic E-state index is 0.0471. The van der Waals surface area contributed by atoms with Crippen molar-refractivity contribution >= 4 is 40.8 Å². The Balaban J connectivity index is 1.50. The highest BCUT2D eigenvalue weighted by atomic mass is 35.5. The molecule has 146 valence electrons. The average Bonchev–Trinajstić information content (AvgIpc) is 3.08. The topological polar surface area (TPSA) is 75.7 Å². The molecule has 0 unspecified atom stereocenters. The van der Waals surface area contributed by atoms with Crippen molar-refractivity contribution in [3.05, 3.63) is 59.1 Å². The Kier molecular flexibility index (Phi) is 6.31. The van der Waals surface area contributed by atoms with Crippen LogP contribution in [0.1, 0.15) is 18.9 Å². The molecule has 0 saturated carbocycles. The first-order chi connectivity index (χ1) is 13.5. The first-order valence-electron chi connectivity index (χ1n) is 9.07. The van der Waals surface area contributed by atoms with Crippen molar-refractivity contribution < 1.29 is 19.1 Å². The summed E-state index contributed by atoms with van der Waals surface area (Å²) in [6.45, 7) is 1.86. The summed E-state index contributed by atoms with van der Waals surface area (Å²) in [5.74, 6) is -1.77. The van der Waals surface area contributed by atoms with Gasteiger partial charge in [-0.15, -0.1) is 0 Å². The van der Waals surface area contributed by atoms with Crippen molar-refractivity contribution in [3.63, 3.8) is 0 Å². The molecular weight excluding hydrogens is 380 g/mol. The third kappa shape index (κ3) is 4.89. The third-order valence-corrected chi connectivity index (χ3v) is 4.80. The molecule has 1 N–H and O–H groups in total. The molecule has 1 aliphatic heterocycles. The third-order valence-electron chi connectivity index (χ3n) is 4.57. The average molecular weight is 401 g/mol. The second-order valence-corrected chi connectivity index (χ2v) is 7.03. The van der Waals surface area contributed by atoms with Crippen LogP contribution in [0.25, 0.3) is 0 Å². The predicted octanol–water partition coefficient (Wildman–Crippen LogP) is 3.44. The molecule has 1 saturated heterocycles. The first-order valence-corrected chi connectivity index (χ1v) is 9.45. The van der Waals surface area contributed by atoms with Crippen molar-refractivity contribution in [2.24, 2.45) is 5.92 Å². The van der Waals surface area contributed by atoms with Gasteiger partial charge in [-0.25, -0.2) is 0 Å². The summed E-state index contributed by atoms with van der Waals surface area (Å²) in [4.78, 5) is 38.0. The van der Waals surface area contributed by atoms with Gasteiger partial charge in [0.05, 0.1) is 5.92 Å². The molecule has 0 radical (unpaired) electrons. The number of anilines is 2. The fraction of sp³-hybridized carbons (Fsp3) is 0.286. The van der Waals surface area contributed by atoms with Crippen LogP contribution >= 0.6 is 11.6 Å². The fourth-order valence-electron chi connectivity index (χ4n) is 3.03. The van der Waals surface area contributed by atoms with Crippen molar-refractivity contribution in [2.45, 2.75) is 19.8 Å². The lowest BCUT2D eigenvalue weighted by Crippen LogP contribution is -2.28. The molecule has 2 aromatic rings. The molecule has 1 aliphatic rings. The van der Waals surface area contributed by atoms with Crippen LogP contribution in [0.15, 0.2) is 48.5 Å². The van der Waals surface area contributed by atoms with E-state index in [4.69, 9.17) is 16.3 Å². The highest BCUT2D eigenvalue weighted by Crippen LogP contribution is 2.27. The van der Waals surface area contributed by atoms with E-state index in [1.165, 1.54) is 10.5 Å². The number of aryl methyl sites for hydroxylation is 1. The van der Waals surface area contributed by atoms with Crippen molar-refractivity contribution in [1.82, 2.24) is 0 Å². The van der Waals surface area contributed by atoms with Crippen molar-refractivity contribution in [2.75, 3.05) is 23.4 Å². The van der Waals surface area contributed by atoms with Crippen LogP contribution in [-0.4, -0.2) is 30.9 Å². The van der Waals surface area contributed by atoms with Gasteiger partial charge in [0.25, 0.3) is 5.91 Å². The number of rotatable bonds is 6. The van der Waals surface area contributed by atoms with Gasteiger partial charge in [0.1, 0.15) is 0 Å². The zero-order chi connectivity index (χ0) is 20.1. The van der Waals surface area contributed by atoms with Gasteiger partial charge in [0, 0.05) is 29.4 Å². The first kappa shape index (κ1) is 19.9. The van der Waals surface area contributed by atoms with Gasteiger partial charge in [-0.2, -0.15) is 0 Å². The maximum absolute atomic E-state index is 12.3. The van der Waals surface area contributed by atoms with Gasteiger partial charge in [-0.1, -0.05) is 36.7 Å². The van der Waals surface area contributed by atoms with Crippen LogP contribution in [0.3, 0.4) is 0 Å². The van der Waals surface area contributed by atoms with E-state index in [1.54, 1.807) is 36.4 Å². The van der Waals surface area contributed by atoms with Crippen molar-refractivity contribution in [3.8, 4) is 0 Å². The Hall–Kier alpha value is -2.86. The molecule has 1 heterocycles. The lowest BCUT2D eigenvalue weighted by Gasteiger charge is -2.16. The number of nitrogens with one attached hydrogen (secondary N) is 1. The van der Waals surface area contributed by atoms with Crippen LogP contribution in [0.4, 0.5) is 11.4 Å². The van der Waals surface area contributed by atoms with Gasteiger partial charge in [-0.05, 0) is 42.3 Å². The summed E-state index contributed by atoms with van der Waals surface area (Å²) in [5.41, 5.74) is 2.45. The SMILES string of the molecule is CCc1ccc(NC(=O)COC(=O)[C@@H]2CC(=O)N(c3cccc(Cl)c3)C2)cc1. The molecular formula is C21H21ClN2O4. The minimum atomic E-state index is -0.608. The smallest absolute Gasteiger partial charge is 0.311 e. The summed E-state index contributed by atoms with van der Waals surface area (Å²) >= 11 is 5.96. The lowest BCUT2D eigenvalue weighted by molar-refractivity contribution is -0.151. The molecule has 6 nitrogen and oxygen atoms in total. The molecule has 28 heavy (non-hydrogen) atoms. The number of amides is 2. The summed E-state index contributed by atoms with van der Waals surface area (Å²) in [6.07, 6.45) is 0.962. The molecule has 1 atom stereocenters. The van der Waals surface area contributed by atoms with Crippen LogP contribution in [-0.2, 0) is 25.5 Å². The van der Waals surface area contributed by atoms with E-state index in [-0.39, 0.29) is 18.9 Å². The number of hydrogen-bond acceptors (Lipinski definition) is 4. The van der Waals surface area contributed by atoms with E-state index in [0.717, 1.165) is 6.42 Å². The van der Waals surface area contributed by atoms with Gasteiger partial charge in [0.15, 0.2) is 6.61 Å². The van der Waals surface area contributed by atoms with E-state index in [1.807, 2.05) is 19.1 Å². The molecule has 1 fully saturated rings. The minimum Gasteiger partial charge on any atom is -0.455 e. The Labute approximate surface area is 168 Å². The van der Waals surface area contributed by atoms with Crippen molar-refractivity contribution in [1.29, 1.82) is 0 Å². The van der Waals surface area contributed by atoms with Gasteiger partial charge in [0.2, 0.25) is 5.91 Å². The van der Waals surface area contributed by atoms with Crippen LogP contribution in [0, 0.1) is 5.92 Å². The van der Waals surface area contributed by atoms with E-state index < -0.39 is 24.4 Å². The number of ether oxygens (including phenoxy) is 1. The number of carbonyl (C=O) groups is 3. The molecule has 0 aromatic heterocycles. The zero-order valence-electron chi connectivity index (χ0n) is 15.5. The van der Waals surface area contributed by atoms with Gasteiger partial charge in [-0.3, -0.25) is 14.4 Å². The van der Waals surface area contributed by atoms with Gasteiger partial charge >= 0.3 is 5.97 Å². The number of esters is 1. The monoisotopic (exact) mass is 400 g/mol. The molecule has 0 bridgehead atoms. The maximum atomic E-state index is 12.3. The molecule has 2 amide bonds. The van der Waals surface area contributed by atoms with Crippen LogP contribution in [0.2, 0.25) is 5.02 Å². The van der Waals surface area contributed by atoms with E-state index >= 15 is 0 Å². The summed E-state index contributed by atoms with van der Waals surface area (Å²) in [5, 5.41) is 3.19. The number of nitrogens with zero attached hydrogens (tertiary/aromatic N) is 1. The lowest BCUT2D eigenvalue weighted by atomic mass is 10.1. The molecule has 0 spiro atoms. The molecule has 2 aromatic carbocycles. The van der Waals surface area contributed by atoms with Crippen LogP contribution < -0.4 is 10.2 Å². The Morgan fingerprint density at radius 1 is 1.21 bits per heavy atom. The van der Waals surface area contributed by atoms with Crippen LogP contribution in [0.5, 0.6) is 0 Å². The quantitative estimate of drug-likeness (QED) is 0.753. The Morgan fingerprint density at radius 3 is 2.64 bits per heavy atom. The number of benzene rings is 2.